The molecule has 164 valence electrons. The van der Waals surface area contributed by atoms with Gasteiger partial charge in [0.1, 0.15) is 5.82 Å². The second kappa shape index (κ2) is 9.16. The van der Waals surface area contributed by atoms with E-state index < -0.39 is 0 Å². The molecule has 6 heteroatoms. The highest BCUT2D eigenvalue weighted by molar-refractivity contribution is 5.80. The minimum Gasteiger partial charge on any atom is -0.343 e. The molecule has 2 fully saturated rings. The molecule has 31 heavy (non-hydrogen) atoms. The first kappa shape index (κ1) is 21.5. The smallest absolute Gasteiger partial charge is 0.225 e. The van der Waals surface area contributed by atoms with Gasteiger partial charge in [0.05, 0.1) is 0 Å². The van der Waals surface area contributed by atoms with Crippen LogP contribution in [0.4, 0.5) is 4.39 Å². The second-order valence-corrected chi connectivity index (χ2v) is 8.83. The number of benzene rings is 1. The van der Waals surface area contributed by atoms with Gasteiger partial charge in [-0.1, -0.05) is 12.1 Å². The first-order chi connectivity index (χ1) is 14.9. The number of halogens is 1. The fourth-order valence-electron chi connectivity index (χ4n) is 4.83. The number of carbonyl (C=O) groups excluding carboxylic acids is 2. The van der Waals surface area contributed by atoms with Gasteiger partial charge in [0, 0.05) is 56.3 Å². The van der Waals surface area contributed by atoms with Crippen molar-refractivity contribution in [2.75, 3.05) is 26.2 Å². The largest absolute Gasteiger partial charge is 0.343 e. The Morgan fingerprint density at radius 1 is 0.968 bits per heavy atom. The molecule has 0 spiro atoms. The van der Waals surface area contributed by atoms with Crippen molar-refractivity contribution in [3.8, 4) is 11.1 Å². The number of likely N-dealkylation sites (tertiary alicyclic amines) is 2. The highest BCUT2D eigenvalue weighted by Crippen LogP contribution is 2.31. The molecule has 1 aromatic carbocycles. The Morgan fingerprint density at radius 3 is 2.35 bits per heavy atom. The minimum absolute atomic E-state index is 0.00888. The molecule has 0 aliphatic carbocycles. The van der Waals surface area contributed by atoms with Crippen LogP contribution >= 0.6 is 0 Å². The lowest BCUT2D eigenvalue weighted by atomic mass is 9.89. The Kier molecular flexibility index (Phi) is 6.35. The van der Waals surface area contributed by atoms with Gasteiger partial charge in [0.2, 0.25) is 11.8 Å². The van der Waals surface area contributed by atoms with Crippen molar-refractivity contribution >= 4 is 11.8 Å². The van der Waals surface area contributed by atoms with Crippen molar-refractivity contribution in [1.29, 1.82) is 0 Å². The van der Waals surface area contributed by atoms with Gasteiger partial charge < -0.3 is 9.80 Å². The third kappa shape index (κ3) is 4.94. The quantitative estimate of drug-likeness (QED) is 0.745. The summed E-state index contributed by atoms with van der Waals surface area (Å²) in [5, 5.41) is 0. The number of amides is 2. The van der Waals surface area contributed by atoms with Gasteiger partial charge in [-0.25, -0.2) is 4.39 Å². The average molecular weight is 424 g/mol. The van der Waals surface area contributed by atoms with Crippen LogP contribution in [0.15, 0.2) is 36.4 Å². The van der Waals surface area contributed by atoms with Gasteiger partial charge >= 0.3 is 0 Å². The first-order valence-corrected chi connectivity index (χ1v) is 11.2. The highest BCUT2D eigenvalue weighted by Gasteiger charge is 2.32. The Bertz CT molecular complexity index is 952. The molecule has 0 bridgehead atoms. The van der Waals surface area contributed by atoms with E-state index in [1.54, 1.807) is 19.1 Å². The summed E-state index contributed by atoms with van der Waals surface area (Å²) in [5.41, 5.74) is 3.93. The number of aryl methyl sites for hydroxylation is 1. The molecule has 2 aliphatic rings. The van der Waals surface area contributed by atoms with Crippen LogP contribution in [0.25, 0.3) is 11.1 Å². The van der Waals surface area contributed by atoms with Gasteiger partial charge in [-0.05, 0) is 68.0 Å². The van der Waals surface area contributed by atoms with Crippen LogP contribution < -0.4 is 0 Å². The lowest BCUT2D eigenvalue weighted by Crippen LogP contribution is -2.46. The van der Waals surface area contributed by atoms with E-state index in [9.17, 15) is 14.0 Å². The van der Waals surface area contributed by atoms with E-state index in [0.29, 0.717) is 19.6 Å². The Hall–Kier alpha value is -2.76. The fourth-order valence-corrected chi connectivity index (χ4v) is 4.83. The topological polar surface area (TPSA) is 53.5 Å². The van der Waals surface area contributed by atoms with E-state index in [4.69, 9.17) is 4.98 Å². The summed E-state index contributed by atoms with van der Waals surface area (Å²) >= 11 is 0. The zero-order valence-corrected chi connectivity index (χ0v) is 18.3. The molecule has 2 amide bonds. The summed E-state index contributed by atoms with van der Waals surface area (Å²) < 4.78 is 13.3. The van der Waals surface area contributed by atoms with Gasteiger partial charge in [-0.3, -0.25) is 14.6 Å². The van der Waals surface area contributed by atoms with Gasteiger partial charge in [0.15, 0.2) is 0 Å². The second-order valence-electron chi connectivity index (χ2n) is 8.83. The van der Waals surface area contributed by atoms with Crippen LogP contribution in [0.3, 0.4) is 0 Å². The molecule has 2 aliphatic heterocycles. The lowest BCUT2D eigenvalue weighted by molar-refractivity contribution is -0.141. The normalized spacial score (nSPS) is 20.0. The average Bonchev–Trinajstić information content (AvgIpc) is 2.79. The summed E-state index contributed by atoms with van der Waals surface area (Å²) in [6.45, 7) is 6.38. The molecule has 0 saturated carbocycles. The summed E-state index contributed by atoms with van der Waals surface area (Å²) in [4.78, 5) is 33.3. The number of piperidine rings is 2. The summed E-state index contributed by atoms with van der Waals surface area (Å²) in [6, 6.07) is 10.6. The first-order valence-electron chi connectivity index (χ1n) is 11.2. The monoisotopic (exact) mass is 423 g/mol. The zero-order chi connectivity index (χ0) is 22.0. The summed E-state index contributed by atoms with van der Waals surface area (Å²) in [7, 11) is 0. The van der Waals surface area contributed by atoms with Crippen molar-refractivity contribution in [2.45, 2.75) is 45.4 Å². The maximum Gasteiger partial charge on any atom is 0.225 e. The van der Waals surface area contributed by atoms with Crippen molar-refractivity contribution in [1.82, 2.24) is 14.8 Å². The van der Waals surface area contributed by atoms with E-state index >= 15 is 0 Å². The van der Waals surface area contributed by atoms with Crippen molar-refractivity contribution in [2.24, 2.45) is 5.92 Å². The molecule has 1 aromatic heterocycles. The predicted octanol–water partition coefficient (Wildman–Crippen LogP) is 4.16. The molecule has 4 rings (SSSR count). The fraction of sp³-hybridized carbons (Fsp3) is 0.480. The molecule has 2 aromatic rings. The Balaban J connectivity index is 1.47. The van der Waals surface area contributed by atoms with Crippen molar-refractivity contribution in [3.05, 3.63) is 53.6 Å². The number of hydrogen-bond donors (Lipinski definition) is 0. The number of pyridine rings is 1. The van der Waals surface area contributed by atoms with Gasteiger partial charge in [0.25, 0.3) is 0 Å². The van der Waals surface area contributed by atoms with Crippen LogP contribution in [0.2, 0.25) is 0 Å². The number of aromatic nitrogens is 1. The molecule has 1 unspecified atom stereocenters. The van der Waals surface area contributed by atoms with E-state index in [2.05, 4.69) is 6.07 Å². The Labute approximate surface area is 183 Å². The van der Waals surface area contributed by atoms with Crippen LogP contribution in [-0.4, -0.2) is 52.8 Å². The van der Waals surface area contributed by atoms with E-state index in [1.165, 1.54) is 12.1 Å². The molecule has 1 atom stereocenters. The molecule has 0 N–H and O–H groups in total. The Morgan fingerprint density at radius 2 is 1.68 bits per heavy atom. The van der Waals surface area contributed by atoms with Crippen molar-refractivity contribution in [3.63, 3.8) is 0 Å². The molecule has 5 nitrogen and oxygen atoms in total. The van der Waals surface area contributed by atoms with E-state index in [0.717, 1.165) is 54.7 Å². The number of carbonyl (C=O) groups is 2. The lowest BCUT2D eigenvalue weighted by Gasteiger charge is -2.37. The third-order valence-corrected chi connectivity index (χ3v) is 6.59. The number of rotatable bonds is 3. The highest BCUT2D eigenvalue weighted by atomic mass is 19.1. The van der Waals surface area contributed by atoms with E-state index in [1.807, 2.05) is 22.8 Å². The van der Waals surface area contributed by atoms with Crippen LogP contribution in [0.5, 0.6) is 0 Å². The summed E-state index contributed by atoms with van der Waals surface area (Å²) in [5.74, 6) is 0.278. The van der Waals surface area contributed by atoms with Crippen LogP contribution in [-0.2, 0) is 9.59 Å². The van der Waals surface area contributed by atoms with Gasteiger partial charge in [-0.15, -0.1) is 0 Å². The third-order valence-electron chi connectivity index (χ3n) is 6.59. The number of nitrogens with zero attached hydrogens (tertiary/aromatic N) is 3. The zero-order valence-electron chi connectivity index (χ0n) is 18.3. The van der Waals surface area contributed by atoms with Crippen LogP contribution in [0, 0.1) is 18.7 Å². The maximum atomic E-state index is 13.3. The van der Waals surface area contributed by atoms with Gasteiger partial charge in [-0.2, -0.15) is 0 Å². The molecular formula is C25H30FN3O2. The molecular weight excluding hydrogens is 393 g/mol. The molecule has 2 saturated heterocycles. The summed E-state index contributed by atoms with van der Waals surface area (Å²) in [6.07, 6.45) is 3.46. The predicted molar refractivity (Wildman–Crippen MR) is 118 cm³/mol. The van der Waals surface area contributed by atoms with E-state index in [-0.39, 0.29) is 29.5 Å². The standard InChI is InChI=1S/C25H30FN3O2/c1-17-14-22(19-5-7-23(26)8-6-19)15-24(27-17)21-4-3-11-29(16-21)25(31)20-9-12-28(13-10-20)18(2)30/h5-8,14-15,20-21H,3-4,9-13,16H2,1-2H3. The molecule has 3 heterocycles. The van der Waals surface area contributed by atoms with Crippen molar-refractivity contribution < 1.29 is 14.0 Å². The number of hydrogen-bond acceptors (Lipinski definition) is 3. The molecule has 0 radical (unpaired) electrons. The minimum atomic E-state index is -0.245. The SMILES string of the molecule is CC(=O)N1CCC(C(=O)N2CCCC(c3cc(-c4ccc(F)cc4)cc(C)n3)C2)CC1. The van der Waals surface area contributed by atoms with Crippen LogP contribution in [0.1, 0.15) is 49.9 Å². The maximum absolute atomic E-state index is 13.3.